The molecule has 0 saturated carbocycles. The molecule has 1 heterocycles. The molecule has 146 valence electrons. The fourth-order valence-corrected chi connectivity index (χ4v) is 3.77. The van der Waals surface area contributed by atoms with E-state index in [9.17, 15) is 14.4 Å². The molecule has 7 heteroatoms. The first kappa shape index (κ1) is 19.9. The summed E-state index contributed by atoms with van der Waals surface area (Å²) in [5.74, 6) is -0.859. The number of carbonyl (C=O) groups is 3. The molecule has 6 nitrogen and oxygen atoms in total. The van der Waals surface area contributed by atoms with Gasteiger partial charge in [0, 0.05) is 5.02 Å². The second kappa shape index (κ2) is 8.02. The predicted octanol–water partition coefficient (Wildman–Crippen LogP) is 3.37. The van der Waals surface area contributed by atoms with Crippen molar-refractivity contribution in [2.75, 3.05) is 6.54 Å². The van der Waals surface area contributed by atoms with E-state index >= 15 is 0 Å². The van der Waals surface area contributed by atoms with E-state index in [1.54, 1.807) is 25.1 Å². The molecular formula is C21H22ClN3O3. The number of carbonyl (C=O) groups excluding carboxylic acids is 3. The first-order valence-corrected chi connectivity index (χ1v) is 9.50. The highest BCUT2D eigenvalue weighted by atomic mass is 35.5. The second-order valence-corrected chi connectivity index (χ2v) is 7.16. The number of hydrogen-bond acceptors (Lipinski definition) is 3. The van der Waals surface area contributed by atoms with Crippen LogP contribution in [0.5, 0.6) is 0 Å². The Bertz CT molecular complexity index is 903. The normalized spacial score (nSPS) is 20.0. The maximum Gasteiger partial charge on any atom is 0.325 e. The summed E-state index contributed by atoms with van der Waals surface area (Å²) in [6.45, 7) is 3.27. The summed E-state index contributed by atoms with van der Waals surface area (Å²) in [6, 6.07) is 15.3. The van der Waals surface area contributed by atoms with Gasteiger partial charge < -0.3 is 10.6 Å². The average molecular weight is 400 g/mol. The van der Waals surface area contributed by atoms with Gasteiger partial charge in [-0.3, -0.25) is 14.5 Å². The van der Waals surface area contributed by atoms with Crippen molar-refractivity contribution < 1.29 is 14.4 Å². The Hall–Kier alpha value is -2.86. The lowest BCUT2D eigenvalue weighted by molar-refractivity contribution is -0.135. The maximum absolute atomic E-state index is 13.1. The molecule has 4 amide bonds. The van der Waals surface area contributed by atoms with E-state index in [1.807, 2.05) is 43.3 Å². The van der Waals surface area contributed by atoms with E-state index in [1.165, 1.54) is 0 Å². The number of amides is 4. The van der Waals surface area contributed by atoms with E-state index in [2.05, 4.69) is 10.6 Å². The number of benzene rings is 2. The highest BCUT2D eigenvalue weighted by Crippen LogP contribution is 2.32. The first-order valence-electron chi connectivity index (χ1n) is 9.12. The SMILES string of the molecule is CC[C@@]1(c2ccccc2)NC(=O)N(CC(=O)N[C@@H](C)c2ccccc2Cl)C1=O. The van der Waals surface area contributed by atoms with Gasteiger partial charge in [0.25, 0.3) is 5.91 Å². The van der Waals surface area contributed by atoms with E-state index in [-0.39, 0.29) is 12.6 Å². The molecule has 2 aromatic carbocycles. The zero-order chi connectivity index (χ0) is 20.3. The molecule has 1 saturated heterocycles. The third-order valence-corrected chi connectivity index (χ3v) is 5.37. The fourth-order valence-electron chi connectivity index (χ4n) is 3.47. The molecule has 0 bridgehead atoms. The highest BCUT2D eigenvalue weighted by molar-refractivity contribution is 6.31. The summed E-state index contributed by atoms with van der Waals surface area (Å²) in [5.41, 5.74) is 0.317. The van der Waals surface area contributed by atoms with Crippen molar-refractivity contribution in [3.8, 4) is 0 Å². The Labute approximate surface area is 168 Å². The van der Waals surface area contributed by atoms with E-state index in [0.717, 1.165) is 10.5 Å². The molecule has 3 rings (SSSR count). The van der Waals surface area contributed by atoms with Crippen molar-refractivity contribution >= 4 is 29.4 Å². The summed E-state index contributed by atoms with van der Waals surface area (Å²) in [4.78, 5) is 39.0. The van der Waals surface area contributed by atoms with Gasteiger partial charge in [-0.25, -0.2) is 4.79 Å². The standard InChI is InChI=1S/C21H22ClN3O3/c1-3-21(15-9-5-4-6-10-15)19(27)25(20(28)24-21)13-18(26)23-14(2)16-11-7-8-12-17(16)22/h4-12,14H,3,13H2,1-2H3,(H,23,26)(H,24,28)/t14-,21-/m0/s1. The van der Waals surface area contributed by atoms with Crippen LogP contribution in [0.3, 0.4) is 0 Å². The number of urea groups is 1. The van der Waals surface area contributed by atoms with Gasteiger partial charge in [-0.05, 0) is 30.5 Å². The largest absolute Gasteiger partial charge is 0.348 e. The fraction of sp³-hybridized carbons (Fsp3) is 0.286. The number of imide groups is 1. The van der Waals surface area contributed by atoms with Gasteiger partial charge in [-0.15, -0.1) is 0 Å². The lowest BCUT2D eigenvalue weighted by atomic mass is 9.87. The molecule has 0 aliphatic carbocycles. The summed E-state index contributed by atoms with van der Waals surface area (Å²) in [7, 11) is 0. The van der Waals surface area contributed by atoms with Crippen LogP contribution >= 0.6 is 11.6 Å². The molecule has 0 radical (unpaired) electrons. The Kier molecular flexibility index (Phi) is 5.70. The lowest BCUT2D eigenvalue weighted by Crippen LogP contribution is -2.45. The van der Waals surface area contributed by atoms with Crippen molar-refractivity contribution in [1.82, 2.24) is 15.5 Å². The van der Waals surface area contributed by atoms with Crippen LogP contribution < -0.4 is 10.6 Å². The van der Waals surface area contributed by atoms with Crippen LogP contribution in [0.1, 0.15) is 37.4 Å². The molecule has 1 aliphatic rings. The molecule has 2 aromatic rings. The Morgan fingerprint density at radius 3 is 2.43 bits per heavy atom. The number of hydrogen-bond donors (Lipinski definition) is 2. The average Bonchev–Trinajstić information content (AvgIpc) is 2.94. The Morgan fingerprint density at radius 2 is 1.79 bits per heavy atom. The van der Waals surface area contributed by atoms with Gasteiger partial charge in [-0.2, -0.15) is 0 Å². The third-order valence-electron chi connectivity index (χ3n) is 5.02. The number of nitrogens with zero attached hydrogens (tertiary/aromatic N) is 1. The van der Waals surface area contributed by atoms with Crippen LogP contribution in [-0.4, -0.2) is 29.3 Å². The summed E-state index contributed by atoms with van der Waals surface area (Å²) in [6.07, 6.45) is 0.385. The van der Waals surface area contributed by atoms with Crippen LogP contribution in [0.15, 0.2) is 54.6 Å². The molecule has 2 N–H and O–H groups in total. The van der Waals surface area contributed by atoms with E-state index < -0.39 is 23.4 Å². The lowest BCUT2D eigenvalue weighted by Gasteiger charge is -2.25. The van der Waals surface area contributed by atoms with E-state index in [4.69, 9.17) is 11.6 Å². The quantitative estimate of drug-likeness (QED) is 0.731. The van der Waals surface area contributed by atoms with Crippen LogP contribution in [0.4, 0.5) is 4.79 Å². The molecule has 0 unspecified atom stereocenters. The smallest absolute Gasteiger partial charge is 0.325 e. The first-order chi connectivity index (χ1) is 13.4. The molecular weight excluding hydrogens is 378 g/mol. The van der Waals surface area contributed by atoms with E-state index in [0.29, 0.717) is 17.0 Å². The van der Waals surface area contributed by atoms with Crippen molar-refractivity contribution in [3.63, 3.8) is 0 Å². The Morgan fingerprint density at radius 1 is 1.14 bits per heavy atom. The zero-order valence-corrected chi connectivity index (χ0v) is 16.5. The molecule has 1 aliphatic heterocycles. The molecule has 1 fully saturated rings. The van der Waals surface area contributed by atoms with Crippen LogP contribution in [0.2, 0.25) is 5.02 Å². The molecule has 2 atom stereocenters. The topological polar surface area (TPSA) is 78.5 Å². The molecule has 0 spiro atoms. The zero-order valence-electron chi connectivity index (χ0n) is 15.7. The summed E-state index contributed by atoms with van der Waals surface area (Å²) < 4.78 is 0. The number of nitrogens with one attached hydrogen (secondary N) is 2. The minimum atomic E-state index is -1.15. The van der Waals surface area contributed by atoms with Crippen molar-refractivity contribution in [2.24, 2.45) is 0 Å². The van der Waals surface area contributed by atoms with Crippen molar-refractivity contribution in [2.45, 2.75) is 31.8 Å². The van der Waals surface area contributed by atoms with Gasteiger partial charge in [-0.1, -0.05) is 67.1 Å². The second-order valence-electron chi connectivity index (χ2n) is 6.76. The minimum absolute atomic E-state index is 0.353. The van der Waals surface area contributed by atoms with Gasteiger partial charge in [0.15, 0.2) is 0 Å². The summed E-state index contributed by atoms with van der Waals surface area (Å²) in [5, 5.41) is 6.10. The number of rotatable bonds is 6. The maximum atomic E-state index is 13.1. The number of halogens is 1. The molecule has 0 aromatic heterocycles. The summed E-state index contributed by atoms with van der Waals surface area (Å²) >= 11 is 6.16. The van der Waals surface area contributed by atoms with Gasteiger partial charge in [0.1, 0.15) is 12.1 Å². The van der Waals surface area contributed by atoms with Gasteiger partial charge >= 0.3 is 6.03 Å². The monoisotopic (exact) mass is 399 g/mol. The van der Waals surface area contributed by atoms with Crippen molar-refractivity contribution in [3.05, 3.63) is 70.7 Å². The third kappa shape index (κ3) is 3.60. The predicted molar refractivity (Wildman–Crippen MR) is 107 cm³/mol. The highest BCUT2D eigenvalue weighted by Gasteiger charge is 2.51. The van der Waals surface area contributed by atoms with Crippen LogP contribution in [-0.2, 0) is 15.1 Å². The van der Waals surface area contributed by atoms with Crippen molar-refractivity contribution in [1.29, 1.82) is 0 Å². The van der Waals surface area contributed by atoms with Crippen LogP contribution in [0, 0.1) is 0 Å². The minimum Gasteiger partial charge on any atom is -0.348 e. The Balaban J connectivity index is 1.74. The van der Waals surface area contributed by atoms with Gasteiger partial charge in [0.2, 0.25) is 5.91 Å². The molecule has 28 heavy (non-hydrogen) atoms. The van der Waals surface area contributed by atoms with Gasteiger partial charge in [0.05, 0.1) is 6.04 Å². The van der Waals surface area contributed by atoms with Crippen LogP contribution in [0.25, 0.3) is 0 Å².